The molecule has 0 aliphatic heterocycles. The molecule has 2 heteroatoms. The molecule has 0 bridgehead atoms. The minimum Gasteiger partial charge on any atom is -0.303 e. The molecule has 0 N–H and O–H groups in total. The van der Waals surface area contributed by atoms with Gasteiger partial charge in [-0.3, -0.25) is 4.79 Å². The highest BCUT2D eigenvalue weighted by Gasteiger charge is 2.16. The third-order valence-electron chi connectivity index (χ3n) is 2.47. The van der Waals surface area contributed by atoms with Crippen molar-refractivity contribution in [3.63, 3.8) is 0 Å². The number of carbonyl (C=O) groups excluding carboxylic acids is 2. The zero-order valence-electron chi connectivity index (χ0n) is 8.08. The van der Waals surface area contributed by atoms with Crippen LogP contribution in [0.25, 0.3) is 0 Å². The number of hydrogen-bond acceptors (Lipinski definition) is 2. The van der Waals surface area contributed by atoms with Gasteiger partial charge in [-0.1, -0.05) is 11.6 Å². The lowest BCUT2D eigenvalue weighted by Gasteiger charge is -2.17. The predicted molar refractivity (Wildman–Crippen MR) is 51.4 cm³/mol. The van der Waals surface area contributed by atoms with Gasteiger partial charge in [-0.15, -0.1) is 0 Å². The summed E-state index contributed by atoms with van der Waals surface area (Å²) in [5.74, 6) is -0.0404. The summed E-state index contributed by atoms with van der Waals surface area (Å²) >= 11 is 0. The molecule has 0 saturated carbocycles. The highest BCUT2D eigenvalue weighted by molar-refractivity contribution is 5.79. The average molecular weight is 180 g/mol. The summed E-state index contributed by atoms with van der Waals surface area (Å²) in [4.78, 5) is 21.6. The normalized spacial score (nSPS) is 19.0. The Labute approximate surface area is 79.0 Å². The Kier molecular flexibility index (Phi) is 3.87. The van der Waals surface area contributed by atoms with Crippen molar-refractivity contribution in [1.82, 2.24) is 0 Å². The molecule has 0 heterocycles. The summed E-state index contributed by atoms with van der Waals surface area (Å²) in [6.45, 7) is 1.54. The fraction of sp³-hybridized carbons (Fsp3) is 0.636. The van der Waals surface area contributed by atoms with E-state index in [9.17, 15) is 9.59 Å². The van der Waals surface area contributed by atoms with E-state index in [1.807, 2.05) is 0 Å². The first-order valence-corrected chi connectivity index (χ1v) is 4.87. The van der Waals surface area contributed by atoms with Crippen LogP contribution >= 0.6 is 0 Å². The van der Waals surface area contributed by atoms with Gasteiger partial charge in [0.05, 0.1) is 0 Å². The van der Waals surface area contributed by atoms with Gasteiger partial charge in [-0.05, 0) is 32.6 Å². The maximum absolute atomic E-state index is 10.9. The van der Waals surface area contributed by atoms with E-state index in [2.05, 4.69) is 6.08 Å². The smallest absolute Gasteiger partial charge is 0.130 e. The molecule has 0 aromatic carbocycles. The molecule has 0 aromatic rings. The van der Waals surface area contributed by atoms with E-state index < -0.39 is 0 Å². The van der Waals surface area contributed by atoms with Crippen molar-refractivity contribution in [3.05, 3.63) is 11.6 Å². The Morgan fingerprint density at radius 1 is 1.62 bits per heavy atom. The SMILES string of the molecule is CC(=O)CC(C=O)C1=CCCCC1. The number of aldehydes is 1. The standard InChI is InChI=1S/C11H16O2/c1-9(13)7-11(8-12)10-5-3-2-4-6-10/h5,8,11H,2-4,6-7H2,1H3. The van der Waals surface area contributed by atoms with Crippen molar-refractivity contribution < 1.29 is 9.59 Å². The van der Waals surface area contributed by atoms with E-state index in [-0.39, 0.29) is 11.7 Å². The van der Waals surface area contributed by atoms with Gasteiger partial charge in [-0.25, -0.2) is 0 Å². The topological polar surface area (TPSA) is 34.1 Å². The van der Waals surface area contributed by atoms with Crippen LogP contribution in [0.5, 0.6) is 0 Å². The van der Waals surface area contributed by atoms with Gasteiger partial charge in [0.25, 0.3) is 0 Å². The van der Waals surface area contributed by atoms with Crippen molar-refractivity contribution >= 4 is 12.1 Å². The number of ketones is 1. The van der Waals surface area contributed by atoms with Crippen molar-refractivity contribution in [2.24, 2.45) is 5.92 Å². The van der Waals surface area contributed by atoms with Gasteiger partial charge in [0.2, 0.25) is 0 Å². The van der Waals surface area contributed by atoms with Crippen LogP contribution in [0.1, 0.15) is 39.0 Å². The number of rotatable bonds is 4. The Balaban J connectivity index is 2.59. The molecule has 1 aliphatic rings. The van der Waals surface area contributed by atoms with Crippen LogP contribution in [0, 0.1) is 5.92 Å². The predicted octanol–water partition coefficient (Wildman–Crippen LogP) is 2.28. The molecule has 13 heavy (non-hydrogen) atoms. The Morgan fingerprint density at radius 2 is 2.38 bits per heavy atom. The first-order valence-electron chi connectivity index (χ1n) is 4.87. The quantitative estimate of drug-likeness (QED) is 0.491. The van der Waals surface area contributed by atoms with Gasteiger partial charge in [-0.2, -0.15) is 0 Å². The van der Waals surface area contributed by atoms with Crippen LogP contribution in [0.4, 0.5) is 0 Å². The molecule has 1 unspecified atom stereocenters. The van der Waals surface area contributed by atoms with Crippen LogP contribution in [0.15, 0.2) is 11.6 Å². The monoisotopic (exact) mass is 180 g/mol. The average Bonchev–Trinajstić information content (AvgIpc) is 2.15. The van der Waals surface area contributed by atoms with E-state index >= 15 is 0 Å². The fourth-order valence-electron chi connectivity index (χ4n) is 1.78. The molecule has 1 rings (SSSR count). The molecule has 0 spiro atoms. The van der Waals surface area contributed by atoms with E-state index in [0.717, 1.165) is 25.5 Å². The number of hydrogen-bond donors (Lipinski definition) is 0. The lowest BCUT2D eigenvalue weighted by atomic mass is 9.87. The third-order valence-corrected chi connectivity index (χ3v) is 2.47. The molecule has 0 aromatic heterocycles. The summed E-state index contributed by atoms with van der Waals surface area (Å²) in [6.07, 6.45) is 7.87. The Morgan fingerprint density at radius 3 is 2.85 bits per heavy atom. The number of carbonyl (C=O) groups is 2. The van der Waals surface area contributed by atoms with Crippen LogP contribution in [-0.4, -0.2) is 12.1 Å². The van der Waals surface area contributed by atoms with Crippen LogP contribution in [0.3, 0.4) is 0 Å². The molecule has 0 fully saturated rings. The van der Waals surface area contributed by atoms with Gasteiger partial charge >= 0.3 is 0 Å². The Hall–Kier alpha value is -0.920. The lowest BCUT2D eigenvalue weighted by Crippen LogP contribution is -2.12. The van der Waals surface area contributed by atoms with Crippen molar-refractivity contribution in [1.29, 1.82) is 0 Å². The maximum atomic E-state index is 10.9. The lowest BCUT2D eigenvalue weighted by molar-refractivity contribution is -0.120. The van der Waals surface area contributed by atoms with E-state index in [4.69, 9.17) is 0 Å². The highest BCUT2D eigenvalue weighted by Crippen LogP contribution is 2.25. The van der Waals surface area contributed by atoms with Gasteiger partial charge < -0.3 is 4.79 Å². The van der Waals surface area contributed by atoms with Crippen molar-refractivity contribution in [2.75, 3.05) is 0 Å². The van der Waals surface area contributed by atoms with Crippen LogP contribution < -0.4 is 0 Å². The second kappa shape index (κ2) is 4.95. The largest absolute Gasteiger partial charge is 0.303 e. The first-order chi connectivity index (χ1) is 6.24. The van der Waals surface area contributed by atoms with Crippen molar-refractivity contribution in [3.8, 4) is 0 Å². The third kappa shape index (κ3) is 3.13. The van der Waals surface area contributed by atoms with E-state index in [1.165, 1.54) is 12.0 Å². The summed E-state index contributed by atoms with van der Waals surface area (Å²) in [6, 6.07) is 0. The number of Topliss-reactive ketones (excluding diaryl/α,β-unsaturated/α-hetero) is 1. The Bertz CT molecular complexity index is 228. The van der Waals surface area contributed by atoms with Gasteiger partial charge in [0.1, 0.15) is 12.1 Å². The summed E-state index contributed by atoms with van der Waals surface area (Å²) in [5, 5.41) is 0. The van der Waals surface area contributed by atoms with Gasteiger partial charge in [0, 0.05) is 12.3 Å². The van der Waals surface area contributed by atoms with Crippen molar-refractivity contribution in [2.45, 2.75) is 39.0 Å². The molecule has 72 valence electrons. The summed E-state index contributed by atoms with van der Waals surface area (Å²) in [5.41, 5.74) is 1.18. The van der Waals surface area contributed by atoms with Crippen LogP contribution in [-0.2, 0) is 9.59 Å². The second-order valence-corrected chi connectivity index (χ2v) is 3.67. The first kappa shape index (κ1) is 10.2. The zero-order valence-corrected chi connectivity index (χ0v) is 8.08. The molecule has 1 aliphatic carbocycles. The molecule has 1 atom stereocenters. The molecular weight excluding hydrogens is 164 g/mol. The van der Waals surface area contributed by atoms with Gasteiger partial charge in [0.15, 0.2) is 0 Å². The summed E-state index contributed by atoms with van der Waals surface area (Å²) in [7, 11) is 0. The maximum Gasteiger partial charge on any atom is 0.130 e. The minimum atomic E-state index is -0.141. The minimum absolute atomic E-state index is 0.101. The van der Waals surface area contributed by atoms with E-state index in [0.29, 0.717) is 6.42 Å². The second-order valence-electron chi connectivity index (χ2n) is 3.67. The van der Waals surface area contributed by atoms with Crippen LogP contribution in [0.2, 0.25) is 0 Å². The molecule has 0 saturated heterocycles. The highest BCUT2D eigenvalue weighted by atomic mass is 16.1. The van der Waals surface area contributed by atoms with E-state index in [1.54, 1.807) is 6.92 Å². The molecule has 0 radical (unpaired) electrons. The molecule has 2 nitrogen and oxygen atoms in total. The molecular formula is C11H16O2. The zero-order chi connectivity index (χ0) is 9.68. The molecule has 0 amide bonds. The fourth-order valence-corrected chi connectivity index (χ4v) is 1.78. The number of allylic oxidation sites excluding steroid dienone is 2. The summed E-state index contributed by atoms with van der Waals surface area (Å²) < 4.78 is 0.